The Hall–Kier alpha value is -1.60. The van der Waals surface area contributed by atoms with Gasteiger partial charge in [-0.05, 0) is 24.1 Å². The Labute approximate surface area is 117 Å². The van der Waals surface area contributed by atoms with E-state index in [9.17, 15) is 13.2 Å². The third kappa shape index (κ3) is 3.94. The van der Waals surface area contributed by atoms with Gasteiger partial charge in [0.2, 0.25) is 0 Å². The van der Waals surface area contributed by atoms with Crippen LogP contribution in [-0.2, 0) is 21.1 Å². The second-order valence-electron chi connectivity index (χ2n) is 4.93. The van der Waals surface area contributed by atoms with Gasteiger partial charge < -0.3 is 15.6 Å². The van der Waals surface area contributed by atoms with E-state index in [-0.39, 0.29) is 17.9 Å². The number of hydrogen-bond donors (Lipinski definition) is 2. The molecule has 1 saturated heterocycles. The van der Waals surface area contributed by atoms with E-state index in [1.54, 1.807) is 24.3 Å². The van der Waals surface area contributed by atoms with E-state index in [2.05, 4.69) is 0 Å². The molecule has 7 heteroatoms. The monoisotopic (exact) mass is 299 g/mol. The lowest BCUT2D eigenvalue weighted by molar-refractivity contribution is -0.136. The van der Waals surface area contributed by atoms with E-state index in [0.29, 0.717) is 12.2 Å². The summed E-state index contributed by atoms with van der Waals surface area (Å²) in [6.07, 6.45) is 0.00340. The molecule has 2 atom stereocenters. The molecule has 1 aliphatic heterocycles. The Balaban J connectivity index is 1.96. The first-order valence-electron chi connectivity index (χ1n) is 6.29. The molecule has 0 saturated carbocycles. The number of aliphatic carboxylic acids is 1. The molecule has 0 aliphatic carbocycles. The second-order valence-corrected chi connectivity index (χ2v) is 7.09. The Morgan fingerprint density at radius 1 is 1.30 bits per heavy atom. The summed E-state index contributed by atoms with van der Waals surface area (Å²) in [4.78, 5) is 10.5. The fourth-order valence-electron chi connectivity index (χ4n) is 2.12. The molecule has 1 aromatic carbocycles. The number of rotatable bonds is 5. The van der Waals surface area contributed by atoms with Crippen LogP contribution in [0.1, 0.15) is 12.0 Å². The fraction of sp³-hybridized carbons (Fsp3) is 0.462. The number of ether oxygens (including phenoxy) is 1. The Bertz CT molecular complexity index is 581. The smallest absolute Gasteiger partial charge is 0.303 e. The highest BCUT2D eigenvalue weighted by atomic mass is 32.2. The molecule has 2 unspecified atom stereocenters. The van der Waals surface area contributed by atoms with E-state index < -0.39 is 28.0 Å². The van der Waals surface area contributed by atoms with Crippen molar-refractivity contribution in [3.05, 3.63) is 29.8 Å². The minimum absolute atomic E-state index is 0.0473. The van der Waals surface area contributed by atoms with E-state index in [0.717, 1.165) is 5.56 Å². The first-order chi connectivity index (χ1) is 9.35. The number of sulfone groups is 1. The highest BCUT2D eigenvalue weighted by Gasteiger charge is 2.36. The van der Waals surface area contributed by atoms with Crippen molar-refractivity contribution in [2.75, 3.05) is 11.5 Å². The van der Waals surface area contributed by atoms with Crippen molar-refractivity contribution < 1.29 is 23.1 Å². The molecule has 0 bridgehead atoms. The Morgan fingerprint density at radius 3 is 2.45 bits per heavy atom. The average molecular weight is 299 g/mol. The molecule has 3 N–H and O–H groups in total. The summed E-state index contributed by atoms with van der Waals surface area (Å²) < 4.78 is 28.4. The molecule has 1 aliphatic rings. The van der Waals surface area contributed by atoms with Crippen molar-refractivity contribution >= 4 is 15.8 Å². The van der Waals surface area contributed by atoms with Crippen molar-refractivity contribution in [3.63, 3.8) is 0 Å². The maximum Gasteiger partial charge on any atom is 0.303 e. The minimum Gasteiger partial charge on any atom is -0.488 e. The van der Waals surface area contributed by atoms with E-state index >= 15 is 0 Å². The van der Waals surface area contributed by atoms with Crippen molar-refractivity contribution in [1.82, 2.24) is 0 Å². The molecule has 0 aromatic heterocycles. The lowest BCUT2D eigenvalue weighted by atomic mass is 10.1. The fourth-order valence-corrected chi connectivity index (χ4v) is 3.88. The molecule has 1 fully saturated rings. The number of hydrogen-bond acceptors (Lipinski definition) is 5. The van der Waals surface area contributed by atoms with Crippen LogP contribution in [0, 0.1) is 0 Å². The number of nitrogens with two attached hydrogens (primary N) is 1. The third-order valence-electron chi connectivity index (χ3n) is 3.18. The Kier molecular flexibility index (Phi) is 4.29. The lowest BCUT2D eigenvalue weighted by Gasteiger charge is -2.16. The van der Waals surface area contributed by atoms with Crippen LogP contribution in [0.4, 0.5) is 0 Å². The molecular formula is C13H17NO5S. The van der Waals surface area contributed by atoms with Crippen LogP contribution in [0.25, 0.3) is 0 Å². The van der Waals surface area contributed by atoms with E-state index in [1.165, 1.54) is 0 Å². The molecule has 2 rings (SSSR count). The summed E-state index contributed by atoms with van der Waals surface area (Å²) in [5.41, 5.74) is 6.64. The quantitative estimate of drug-likeness (QED) is 0.804. The van der Waals surface area contributed by atoms with E-state index in [4.69, 9.17) is 15.6 Å². The van der Waals surface area contributed by atoms with Gasteiger partial charge in [0.05, 0.1) is 17.5 Å². The predicted octanol–water partition coefficient (Wildman–Crippen LogP) is 0.207. The summed E-state index contributed by atoms with van der Waals surface area (Å²) in [6, 6.07) is 6.44. The van der Waals surface area contributed by atoms with Gasteiger partial charge in [0.15, 0.2) is 9.84 Å². The van der Waals surface area contributed by atoms with Gasteiger partial charge >= 0.3 is 5.97 Å². The maximum absolute atomic E-state index is 11.4. The molecule has 6 nitrogen and oxygen atoms in total. The topological polar surface area (TPSA) is 107 Å². The summed E-state index contributed by atoms with van der Waals surface area (Å²) in [5, 5.41) is 8.60. The second kappa shape index (κ2) is 5.80. The average Bonchev–Trinajstić information content (AvgIpc) is 2.61. The summed E-state index contributed by atoms with van der Waals surface area (Å²) in [5.74, 6) is -0.405. The molecule has 1 aromatic rings. The van der Waals surface area contributed by atoms with E-state index in [1.807, 2.05) is 0 Å². The minimum atomic E-state index is -3.11. The van der Waals surface area contributed by atoms with Crippen LogP contribution >= 0.6 is 0 Å². The van der Waals surface area contributed by atoms with Crippen molar-refractivity contribution in [3.8, 4) is 5.75 Å². The standard InChI is InChI=1S/C13H17NO5S/c14-11-7-20(17,18)8-12(11)19-10-4-1-9(2-5-10)3-6-13(15)16/h1-2,4-5,11-12H,3,6-8,14H2,(H,15,16). The van der Waals surface area contributed by atoms with Gasteiger partial charge in [0.25, 0.3) is 0 Å². The largest absolute Gasteiger partial charge is 0.488 e. The number of carboxylic acid groups (broad SMARTS) is 1. The normalized spacial score (nSPS) is 24.4. The highest BCUT2D eigenvalue weighted by Crippen LogP contribution is 2.20. The van der Waals surface area contributed by atoms with Gasteiger partial charge in [-0.3, -0.25) is 4.79 Å². The van der Waals surface area contributed by atoms with Gasteiger partial charge in [0, 0.05) is 6.42 Å². The SMILES string of the molecule is NC1CS(=O)(=O)CC1Oc1ccc(CCC(=O)O)cc1. The van der Waals surface area contributed by atoms with Crippen LogP contribution in [0.2, 0.25) is 0 Å². The van der Waals surface area contributed by atoms with Gasteiger partial charge in [-0.15, -0.1) is 0 Å². The molecule has 0 amide bonds. The van der Waals surface area contributed by atoms with Gasteiger partial charge in [-0.25, -0.2) is 8.42 Å². The summed E-state index contributed by atoms with van der Waals surface area (Å²) in [7, 11) is -3.11. The van der Waals surface area contributed by atoms with Crippen molar-refractivity contribution in [2.24, 2.45) is 5.73 Å². The van der Waals surface area contributed by atoms with Crippen LogP contribution in [0.15, 0.2) is 24.3 Å². The zero-order valence-electron chi connectivity index (χ0n) is 10.9. The third-order valence-corrected chi connectivity index (χ3v) is 4.91. The molecule has 20 heavy (non-hydrogen) atoms. The molecule has 110 valence electrons. The predicted molar refractivity (Wildman–Crippen MR) is 73.4 cm³/mol. The Morgan fingerprint density at radius 2 is 1.95 bits per heavy atom. The zero-order chi connectivity index (χ0) is 14.8. The maximum atomic E-state index is 11.4. The zero-order valence-corrected chi connectivity index (χ0v) is 11.7. The van der Waals surface area contributed by atoms with Crippen LogP contribution in [0.5, 0.6) is 5.75 Å². The van der Waals surface area contributed by atoms with Crippen molar-refractivity contribution in [2.45, 2.75) is 25.0 Å². The number of benzene rings is 1. The highest BCUT2D eigenvalue weighted by molar-refractivity contribution is 7.91. The van der Waals surface area contributed by atoms with Gasteiger partial charge in [-0.1, -0.05) is 12.1 Å². The van der Waals surface area contributed by atoms with Crippen LogP contribution in [-0.4, -0.2) is 43.1 Å². The number of carbonyl (C=O) groups is 1. The molecular weight excluding hydrogens is 282 g/mol. The first-order valence-corrected chi connectivity index (χ1v) is 8.11. The van der Waals surface area contributed by atoms with Crippen LogP contribution < -0.4 is 10.5 Å². The van der Waals surface area contributed by atoms with Gasteiger partial charge in [-0.2, -0.15) is 0 Å². The van der Waals surface area contributed by atoms with Gasteiger partial charge in [0.1, 0.15) is 11.9 Å². The number of carboxylic acids is 1. The molecule has 1 heterocycles. The molecule has 0 spiro atoms. The van der Waals surface area contributed by atoms with Crippen molar-refractivity contribution in [1.29, 1.82) is 0 Å². The summed E-state index contributed by atoms with van der Waals surface area (Å²) >= 11 is 0. The van der Waals surface area contributed by atoms with Crippen LogP contribution in [0.3, 0.4) is 0 Å². The first kappa shape index (κ1) is 14.8. The molecule has 0 radical (unpaired) electrons. The number of aryl methyl sites for hydroxylation is 1. The lowest BCUT2D eigenvalue weighted by Crippen LogP contribution is -2.37. The summed E-state index contributed by atoms with van der Waals surface area (Å²) in [6.45, 7) is 0.